The van der Waals surface area contributed by atoms with Crippen LogP contribution in [0, 0.1) is 0 Å². The molecular weight excluding hydrogens is 276 g/mol. The molecule has 2 aromatic carbocycles. The highest BCUT2D eigenvalue weighted by atomic mass is 35.5. The second-order valence-corrected chi connectivity index (χ2v) is 4.54. The van der Waals surface area contributed by atoms with E-state index in [9.17, 15) is 9.59 Å². The van der Waals surface area contributed by atoms with Crippen LogP contribution in [0.4, 0.5) is 0 Å². The van der Waals surface area contributed by atoms with E-state index >= 15 is 0 Å². The first-order valence-electron chi connectivity index (χ1n) is 6.20. The van der Waals surface area contributed by atoms with Crippen LogP contribution in [0.1, 0.15) is 33.2 Å². The number of esters is 1. The summed E-state index contributed by atoms with van der Waals surface area (Å²) in [6.07, 6.45) is 0. The zero-order valence-corrected chi connectivity index (χ0v) is 11.7. The average molecular weight is 289 g/mol. The van der Waals surface area contributed by atoms with Gasteiger partial charge in [-0.15, -0.1) is 0 Å². The van der Waals surface area contributed by atoms with Gasteiger partial charge in [0.05, 0.1) is 12.2 Å². The summed E-state index contributed by atoms with van der Waals surface area (Å²) >= 11 is 5.80. The fourth-order valence-electron chi connectivity index (χ4n) is 1.82. The highest BCUT2D eigenvalue weighted by Crippen LogP contribution is 2.17. The minimum absolute atomic E-state index is 0.231. The van der Waals surface area contributed by atoms with Crippen LogP contribution in [0.5, 0.6) is 0 Å². The Morgan fingerprint density at radius 1 is 1.00 bits per heavy atom. The minimum Gasteiger partial charge on any atom is -0.462 e. The largest absolute Gasteiger partial charge is 0.462 e. The molecule has 2 rings (SSSR count). The quantitative estimate of drug-likeness (QED) is 0.636. The molecular formula is C16H13ClO3. The lowest BCUT2D eigenvalue weighted by Crippen LogP contribution is -2.12. The van der Waals surface area contributed by atoms with Crippen molar-refractivity contribution in [2.24, 2.45) is 0 Å². The van der Waals surface area contributed by atoms with Gasteiger partial charge in [-0.2, -0.15) is 0 Å². The Bertz CT molecular complexity index is 632. The van der Waals surface area contributed by atoms with Gasteiger partial charge >= 0.3 is 5.97 Å². The van der Waals surface area contributed by atoms with Gasteiger partial charge in [0.2, 0.25) is 0 Å². The molecule has 0 saturated heterocycles. The molecule has 2 aromatic rings. The molecule has 0 atom stereocenters. The smallest absolute Gasteiger partial charge is 0.338 e. The zero-order chi connectivity index (χ0) is 14.5. The number of rotatable bonds is 4. The fraction of sp³-hybridized carbons (Fsp3) is 0.125. The summed E-state index contributed by atoms with van der Waals surface area (Å²) in [6, 6.07) is 13.2. The van der Waals surface area contributed by atoms with Gasteiger partial charge in [-0.1, -0.05) is 29.8 Å². The van der Waals surface area contributed by atoms with E-state index in [1.54, 1.807) is 55.5 Å². The number of halogens is 1. The van der Waals surface area contributed by atoms with E-state index < -0.39 is 5.97 Å². The molecule has 0 saturated carbocycles. The summed E-state index contributed by atoms with van der Waals surface area (Å²) in [5.74, 6) is -0.726. The Morgan fingerprint density at radius 2 is 1.60 bits per heavy atom. The van der Waals surface area contributed by atoms with E-state index in [4.69, 9.17) is 16.3 Å². The predicted molar refractivity (Wildman–Crippen MR) is 77.3 cm³/mol. The van der Waals surface area contributed by atoms with Gasteiger partial charge in [0.1, 0.15) is 0 Å². The van der Waals surface area contributed by atoms with Crippen LogP contribution < -0.4 is 0 Å². The number of ketones is 1. The van der Waals surface area contributed by atoms with E-state index in [1.807, 2.05) is 0 Å². The minimum atomic E-state index is -0.495. The first kappa shape index (κ1) is 14.3. The first-order valence-corrected chi connectivity index (χ1v) is 6.57. The third-order valence-corrected chi connectivity index (χ3v) is 3.03. The summed E-state index contributed by atoms with van der Waals surface area (Å²) in [5.41, 5.74) is 1.08. The average Bonchev–Trinajstić information content (AvgIpc) is 2.47. The summed E-state index contributed by atoms with van der Waals surface area (Å²) in [5, 5.41) is 0.556. The van der Waals surface area contributed by atoms with Crippen molar-refractivity contribution in [2.45, 2.75) is 6.92 Å². The summed E-state index contributed by atoms with van der Waals surface area (Å²) in [7, 11) is 0. The molecule has 102 valence electrons. The molecule has 0 N–H and O–H groups in total. The van der Waals surface area contributed by atoms with Crippen molar-refractivity contribution in [1.82, 2.24) is 0 Å². The van der Waals surface area contributed by atoms with E-state index in [0.29, 0.717) is 16.1 Å². The molecule has 0 unspecified atom stereocenters. The van der Waals surface area contributed by atoms with Gasteiger partial charge in [0.15, 0.2) is 5.78 Å². The Balaban J connectivity index is 2.39. The number of hydrogen-bond acceptors (Lipinski definition) is 3. The molecule has 0 radical (unpaired) electrons. The van der Waals surface area contributed by atoms with Crippen molar-refractivity contribution in [2.75, 3.05) is 6.61 Å². The van der Waals surface area contributed by atoms with Gasteiger partial charge in [-0.25, -0.2) is 4.79 Å². The normalized spacial score (nSPS) is 10.1. The van der Waals surface area contributed by atoms with Crippen molar-refractivity contribution in [3.63, 3.8) is 0 Å². The molecule has 0 aliphatic rings. The topological polar surface area (TPSA) is 43.4 Å². The monoisotopic (exact) mass is 288 g/mol. The lowest BCUT2D eigenvalue weighted by molar-refractivity contribution is 0.0523. The molecule has 0 amide bonds. The van der Waals surface area contributed by atoms with Gasteiger partial charge in [-0.05, 0) is 37.3 Å². The third kappa shape index (κ3) is 3.06. The molecule has 20 heavy (non-hydrogen) atoms. The van der Waals surface area contributed by atoms with Crippen molar-refractivity contribution in [3.8, 4) is 0 Å². The lowest BCUT2D eigenvalue weighted by atomic mass is 9.98. The maximum absolute atomic E-state index is 12.4. The number of carbonyl (C=O) groups excluding carboxylic acids is 2. The van der Waals surface area contributed by atoms with E-state index in [0.717, 1.165) is 0 Å². The number of carbonyl (C=O) groups is 2. The molecule has 0 spiro atoms. The molecule has 0 fully saturated rings. The second-order valence-electron chi connectivity index (χ2n) is 4.10. The van der Waals surface area contributed by atoms with Crippen molar-refractivity contribution in [3.05, 3.63) is 70.2 Å². The highest BCUT2D eigenvalue weighted by molar-refractivity contribution is 6.30. The maximum atomic E-state index is 12.4. The molecule has 0 aliphatic carbocycles. The van der Waals surface area contributed by atoms with Gasteiger partial charge in [0.25, 0.3) is 0 Å². The summed E-state index contributed by atoms with van der Waals surface area (Å²) < 4.78 is 4.96. The molecule has 4 heteroatoms. The van der Waals surface area contributed by atoms with Crippen LogP contribution in [0.15, 0.2) is 48.5 Å². The SMILES string of the molecule is CCOC(=O)c1ccccc1C(=O)c1ccc(Cl)cc1. The van der Waals surface area contributed by atoms with Crippen LogP contribution >= 0.6 is 11.6 Å². The second kappa shape index (κ2) is 6.35. The zero-order valence-electron chi connectivity index (χ0n) is 10.9. The highest BCUT2D eigenvalue weighted by Gasteiger charge is 2.18. The first-order chi connectivity index (χ1) is 9.63. The summed E-state index contributed by atoms with van der Waals surface area (Å²) in [4.78, 5) is 24.3. The fourth-order valence-corrected chi connectivity index (χ4v) is 1.95. The molecule has 0 aromatic heterocycles. The van der Waals surface area contributed by atoms with Gasteiger partial charge in [0, 0.05) is 16.1 Å². The molecule has 0 heterocycles. The van der Waals surface area contributed by atoms with Crippen LogP contribution in [0.25, 0.3) is 0 Å². The van der Waals surface area contributed by atoms with Crippen LogP contribution in [-0.2, 0) is 4.74 Å². The summed E-state index contributed by atoms with van der Waals surface area (Å²) in [6.45, 7) is 1.99. The Labute approximate surface area is 122 Å². The lowest BCUT2D eigenvalue weighted by Gasteiger charge is -2.08. The Morgan fingerprint density at radius 3 is 2.20 bits per heavy atom. The van der Waals surface area contributed by atoms with Crippen molar-refractivity contribution < 1.29 is 14.3 Å². The molecule has 3 nitrogen and oxygen atoms in total. The van der Waals surface area contributed by atoms with E-state index in [2.05, 4.69) is 0 Å². The van der Waals surface area contributed by atoms with Gasteiger partial charge in [-0.3, -0.25) is 4.79 Å². The van der Waals surface area contributed by atoms with Crippen molar-refractivity contribution in [1.29, 1.82) is 0 Å². The standard InChI is InChI=1S/C16H13ClO3/c1-2-20-16(19)14-6-4-3-5-13(14)15(18)11-7-9-12(17)10-8-11/h3-10H,2H2,1H3. The predicted octanol–water partition coefficient (Wildman–Crippen LogP) is 3.75. The third-order valence-electron chi connectivity index (χ3n) is 2.77. The Kier molecular flexibility index (Phi) is 4.53. The Hall–Kier alpha value is -2.13. The number of ether oxygens (including phenoxy) is 1. The van der Waals surface area contributed by atoms with Gasteiger partial charge < -0.3 is 4.74 Å². The van der Waals surface area contributed by atoms with Crippen LogP contribution in [0.2, 0.25) is 5.02 Å². The molecule has 0 bridgehead atoms. The number of benzene rings is 2. The van der Waals surface area contributed by atoms with Crippen molar-refractivity contribution >= 4 is 23.4 Å². The maximum Gasteiger partial charge on any atom is 0.338 e. The van der Waals surface area contributed by atoms with E-state index in [1.165, 1.54) is 0 Å². The number of hydrogen-bond donors (Lipinski definition) is 0. The van der Waals surface area contributed by atoms with Crippen LogP contribution in [0.3, 0.4) is 0 Å². The van der Waals surface area contributed by atoms with E-state index in [-0.39, 0.29) is 18.0 Å². The molecule has 0 aliphatic heterocycles. The van der Waals surface area contributed by atoms with Crippen LogP contribution in [-0.4, -0.2) is 18.4 Å².